The Morgan fingerprint density at radius 3 is 1.62 bits per heavy atom. The van der Waals surface area contributed by atoms with Crippen LogP contribution in [0.4, 0.5) is 17.1 Å². The largest absolute Gasteiger partial charge is 0.310 e. The van der Waals surface area contributed by atoms with E-state index >= 15 is 0 Å². The minimum absolute atomic E-state index is 1.12. The summed E-state index contributed by atoms with van der Waals surface area (Å²) in [6, 6.07) is 67.6. The molecule has 0 saturated heterocycles. The van der Waals surface area contributed by atoms with Crippen LogP contribution in [0.1, 0.15) is 0 Å². The summed E-state index contributed by atoms with van der Waals surface area (Å²) in [5.41, 5.74) is 10.7. The Bertz CT molecular complexity index is 2250. The zero-order valence-electron chi connectivity index (χ0n) is 24.8. The third-order valence-corrected chi connectivity index (χ3v) is 8.64. The van der Waals surface area contributed by atoms with E-state index in [1.165, 1.54) is 54.9 Å². The average molecular weight is 574 g/mol. The fourth-order valence-corrected chi connectivity index (χ4v) is 6.43. The van der Waals surface area contributed by atoms with E-state index in [-0.39, 0.29) is 0 Å². The van der Waals surface area contributed by atoms with Crippen molar-refractivity contribution in [3.8, 4) is 33.4 Å². The van der Waals surface area contributed by atoms with Crippen molar-refractivity contribution in [3.05, 3.63) is 188 Å². The number of anilines is 3. The highest BCUT2D eigenvalue weighted by atomic mass is 15.1. The second kappa shape index (κ2) is 11.6. The summed E-state index contributed by atoms with van der Waals surface area (Å²) in [5.74, 6) is 0. The predicted octanol–water partition coefficient (Wildman–Crippen LogP) is 12.5. The first-order chi connectivity index (χ1) is 22.3. The lowest BCUT2D eigenvalue weighted by Gasteiger charge is -2.27. The van der Waals surface area contributed by atoms with Crippen LogP contribution in [0.2, 0.25) is 0 Å². The van der Waals surface area contributed by atoms with E-state index in [0.717, 1.165) is 17.1 Å². The van der Waals surface area contributed by atoms with Crippen LogP contribution in [-0.2, 0) is 0 Å². The van der Waals surface area contributed by atoms with E-state index in [0.29, 0.717) is 0 Å². The van der Waals surface area contributed by atoms with Crippen molar-refractivity contribution in [2.45, 2.75) is 0 Å². The van der Waals surface area contributed by atoms with Gasteiger partial charge in [-0.1, -0.05) is 152 Å². The molecule has 0 aromatic heterocycles. The van der Waals surface area contributed by atoms with Gasteiger partial charge >= 0.3 is 0 Å². The van der Waals surface area contributed by atoms with Gasteiger partial charge in [-0.2, -0.15) is 0 Å². The van der Waals surface area contributed by atoms with Crippen molar-refractivity contribution in [2.24, 2.45) is 0 Å². The maximum Gasteiger partial charge on any atom is 0.0540 e. The highest BCUT2D eigenvalue weighted by Crippen LogP contribution is 2.41. The van der Waals surface area contributed by atoms with Gasteiger partial charge in [-0.25, -0.2) is 0 Å². The second-order valence-corrected chi connectivity index (χ2v) is 11.4. The molecule has 0 radical (unpaired) electrons. The lowest BCUT2D eigenvalue weighted by atomic mass is 9.95. The molecule has 0 atom stereocenters. The van der Waals surface area contributed by atoms with Gasteiger partial charge in [0.15, 0.2) is 0 Å². The molecule has 0 amide bonds. The molecule has 8 aromatic carbocycles. The maximum absolute atomic E-state index is 2.38. The molecule has 0 N–H and O–H groups in total. The smallest absolute Gasteiger partial charge is 0.0540 e. The standard InChI is InChI=1S/C44H31N/c1-2-12-32(13-3-1)37-19-9-21-40(31-37)45(44-25-11-17-35-15-5-7-23-43(35)44)39-28-26-33(27-29-39)36-18-8-20-38(30-36)42-24-10-16-34-14-4-6-22-41(34)42/h1-31H. The zero-order chi connectivity index (χ0) is 30.0. The summed E-state index contributed by atoms with van der Waals surface area (Å²) >= 11 is 0. The first-order valence-corrected chi connectivity index (χ1v) is 15.4. The molecule has 8 aromatic rings. The minimum Gasteiger partial charge on any atom is -0.310 e. The average Bonchev–Trinajstić information content (AvgIpc) is 3.12. The predicted molar refractivity (Wildman–Crippen MR) is 192 cm³/mol. The highest BCUT2D eigenvalue weighted by Gasteiger charge is 2.16. The molecule has 0 bridgehead atoms. The molecule has 0 aliphatic carbocycles. The number of benzene rings is 8. The van der Waals surface area contributed by atoms with Crippen molar-refractivity contribution >= 4 is 38.6 Å². The summed E-state index contributed by atoms with van der Waals surface area (Å²) in [6.45, 7) is 0. The Kier molecular flexibility index (Phi) is 6.90. The van der Waals surface area contributed by atoms with Crippen molar-refractivity contribution < 1.29 is 0 Å². The molecule has 0 spiro atoms. The third kappa shape index (κ3) is 5.15. The topological polar surface area (TPSA) is 3.24 Å². The van der Waals surface area contributed by atoms with E-state index in [1.807, 2.05) is 0 Å². The van der Waals surface area contributed by atoms with E-state index in [9.17, 15) is 0 Å². The molecule has 0 heterocycles. The van der Waals surface area contributed by atoms with Gasteiger partial charge in [0.05, 0.1) is 5.69 Å². The normalized spacial score (nSPS) is 11.1. The van der Waals surface area contributed by atoms with E-state index in [2.05, 4.69) is 193 Å². The molecule has 1 heteroatoms. The van der Waals surface area contributed by atoms with Gasteiger partial charge in [0, 0.05) is 16.8 Å². The molecule has 0 saturated carbocycles. The molecule has 0 unspecified atom stereocenters. The summed E-state index contributed by atoms with van der Waals surface area (Å²) in [7, 11) is 0. The molecular formula is C44H31N. The van der Waals surface area contributed by atoms with E-state index in [1.54, 1.807) is 0 Å². The molecule has 0 aliphatic rings. The Labute approximate surface area is 264 Å². The van der Waals surface area contributed by atoms with Gasteiger partial charge < -0.3 is 4.90 Å². The van der Waals surface area contributed by atoms with Gasteiger partial charge in [0.1, 0.15) is 0 Å². The molecule has 45 heavy (non-hydrogen) atoms. The van der Waals surface area contributed by atoms with E-state index in [4.69, 9.17) is 0 Å². The van der Waals surface area contributed by atoms with Gasteiger partial charge in [-0.05, 0) is 85.9 Å². The summed E-state index contributed by atoms with van der Waals surface area (Å²) in [6.07, 6.45) is 0. The van der Waals surface area contributed by atoms with Gasteiger partial charge in [0.2, 0.25) is 0 Å². The number of fused-ring (bicyclic) bond motifs is 2. The number of nitrogens with zero attached hydrogens (tertiary/aromatic N) is 1. The maximum atomic E-state index is 2.38. The van der Waals surface area contributed by atoms with E-state index < -0.39 is 0 Å². The van der Waals surface area contributed by atoms with Crippen molar-refractivity contribution in [3.63, 3.8) is 0 Å². The van der Waals surface area contributed by atoms with Gasteiger partial charge in [-0.15, -0.1) is 0 Å². The Morgan fingerprint density at radius 1 is 0.289 bits per heavy atom. The molecule has 8 rings (SSSR count). The minimum atomic E-state index is 1.12. The number of hydrogen-bond donors (Lipinski definition) is 0. The van der Waals surface area contributed by atoms with Crippen LogP contribution in [0.25, 0.3) is 54.9 Å². The van der Waals surface area contributed by atoms with Crippen LogP contribution < -0.4 is 4.90 Å². The molecule has 0 fully saturated rings. The SMILES string of the molecule is c1ccc(-c2cccc(N(c3ccc(-c4cccc(-c5cccc6ccccc56)c4)cc3)c3cccc4ccccc34)c2)cc1. The van der Waals surface area contributed by atoms with Gasteiger partial charge in [0.25, 0.3) is 0 Å². The summed E-state index contributed by atoms with van der Waals surface area (Å²) in [5, 5.41) is 4.98. The fourth-order valence-electron chi connectivity index (χ4n) is 6.43. The number of hydrogen-bond acceptors (Lipinski definition) is 1. The number of rotatable bonds is 6. The molecule has 1 nitrogen and oxygen atoms in total. The summed E-state index contributed by atoms with van der Waals surface area (Å²) in [4.78, 5) is 2.38. The Hall–Kier alpha value is -5.92. The third-order valence-electron chi connectivity index (χ3n) is 8.64. The molecular weight excluding hydrogens is 542 g/mol. The summed E-state index contributed by atoms with van der Waals surface area (Å²) < 4.78 is 0. The Morgan fingerprint density at radius 2 is 0.822 bits per heavy atom. The van der Waals surface area contributed by atoms with Crippen LogP contribution in [0.3, 0.4) is 0 Å². The first-order valence-electron chi connectivity index (χ1n) is 15.4. The zero-order valence-corrected chi connectivity index (χ0v) is 24.8. The van der Waals surface area contributed by atoms with Crippen LogP contribution in [0, 0.1) is 0 Å². The fraction of sp³-hybridized carbons (Fsp3) is 0. The van der Waals surface area contributed by atoms with Crippen molar-refractivity contribution in [2.75, 3.05) is 4.90 Å². The van der Waals surface area contributed by atoms with Gasteiger partial charge in [-0.3, -0.25) is 0 Å². The quantitative estimate of drug-likeness (QED) is 0.191. The van der Waals surface area contributed by atoms with Crippen LogP contribution in [0.15, 0.2) is 188 Å². The monoisotopic (exact) mass is 573 g/mol. The Balaban J connectivity index is 1.22. The molecule has 212 valence electrons. The first kappa shape index (κ1) is 26.7. The van der Waals surface area contributed by atoms with Crippen LogP contribution in [-0.4, -0.2) is 0 Å². The molecule has 0 aliphatic heterocycles. The van der Waals surface area contributed by atoms with Crippen LogP contribution >= 0.6 is 0 Å². The highest BCUT2D eigenvalue weighted by molar-refractivity contribution is 6.00. The van der Waals surface area contributed by atoms with Crippen molar-refractivity contribution in [1.82, 2.24) is 0 Å². The second-order valence-electron chi connectivity index (χ2n) is 11.4. The lowest BCUT2D eigenvalue weighted by Crippen LogP contribution is -2.10. The lowest BCUT2D eigenvalue weighted by molar-refractivity contribution is 1.30. The van der Waals surface area contributed by atoms with Crippen molar-refractivity contribution in [1.29, 1.82) is 0 Å². The van der Waals surface area contributed by atoms with Crippen LogP contribution in [0.5, 0.6) is 0 Å².